The van der Waals surface area contributed by atoms with Gasteiger partial charge in [0, 0.05) is 6.54 Å². The molecular weight excluding hydrogens is 349 g/mol. The Morgan fingerprint density at radius 3 is 2.36 bits per heavy atom. The first kappa shape index (κ1) is 20.6. The molecule has 0 aromatic rings. The van der Waals surface area contributed by atoms with E-state index < -0.39 is 42.2 Å². The lowest BCUT2D eigenvalue weighted by molar-refractivity contribution is -0.159. The molecule has 11 heteroatoms. The number of rotatable bonds is 9. The van der Waals surface area contributed by atoms with Crippen molar-refractivity contribution >= 4 is 41.2 Å². The Labute approximate surface area is 135 Å². The number of amides is 2. The minimum absolute atomic E-state index is 0.0562. The Kier molecular flexibility index (Phi) is 9.75. The van der Waals surface area contributed by atoms with Crippen LogP contribution in [0.1, 0.15) is 12.8 Å². The van der Waals surface area contributed by atoms with Gasteiger partial charge in [0.05, 0.1) is 7.11 Å². The molecule has 0 saturated carbocycles. The van der Waals surface area contributed by atoms with Crippen LogP contribution in [0.25, 0.3) is 0 Å². The Balaban J connectivity index is 4.81. The van der Waals surface area contributed by atoms with E-state index in [0.29, 0.717) is 0 Å². The Morgan fingerprint density at radius 2 is 1.91 bits per heavy atom. The van der Waals surface area contributed by atoms with E-state index in [1.54, 1.807) is 0 Å². The normalized spacial score (nSPS) is 13.2. The van der Waals surface area contributed by atoms with Crippen LogP contribution in [0.15, 0.2) is 0 Å². The van der Waals surface area contributed by atoms with Crippen molar-refractivity contribution in [3.05, 3.63) is 0 Å². The average molecular weight is 365 g/mol. The van der Waals surface area contributed by atoms with E-state index in [0.717, 1.165) is 7.11 Å². The molecule has 2 amide bonds. The summed E-state index contributed by atoms with van der Waals surface area (Å²) in [6.45, 7) is -0.0715. The quantitative estimate of drug-likeness (QED) is 0.364. The van der Waals surface area contributed by atoms with Crippen molar-refractivity contribution < 1.29 is 32.6 Å². The van der Waals surface area contributed by atoms with E-state index in [9.17, 15) is 23.2 Å². The van der Waals surface area contributed by atoms with Crippen LogP contribution >= 0.6 is 23.2 Å². The summed E-state index contributed by atoms with van der Waals surface area (Å²) in [4.78, 5) is 33.9. The minimum atomic E-state index is -3.22. The monoisotopic (exact) mass is 364 g/mol. The van der Waals surface area contributed by atoms with E-state index in [1.807, 2.05) is 5.32 Å². The predicted molar refractivity (Wildman–Crippen MR) is 74.1 cm³/mol. The van der Waals surface area contributed by atoms with Crippen LogP contribution in [-0.2, 0) is 19.1 Å². The lowest BCUT2D eigenvalue weighted by Crippen LogP contribution is -2.60. The van der Waals surface area contributed by atoms with Crippen LogP contribution in [0.5, 0.6) is 0 Å². The van der Waals surface area contributed by atoms with Crippen molar-refractivity contribution in [2.45, 2.75) is 24.8 Å². The second-order valence-corrected chi connectivity index (χ2v) is 4.50. The van der Waals surface area contributed by atoms with Crippen LogP contribution in [0.4, 0.5) is 13.6 Å². The fraction of sp³-hybridized carbons (Fsp3) is 0.727. The van der Waals surface area contributed by atoms with Gasteiger partial charge in [-0.1, -0.05) is 11.6 Å². The second-order valence-electron chi connectivity index (χ2n) is 4.02. The van der Waals surface area contributed by atoms with Crippen molar-refractivity contribution in [2.75, 3.05) is 25.6 Å². The smallest absolute Gasteiger partial charge is 0.408 e. The zero-order valence-corrected chi connectivity index (χ0v) is 13.2. The maximum atomic E-state index is 13.3. The molecule has 0 radical (unpaired) electrons. The average Bonchev–Trinajstić information content (AvgIpc) is 2.49. The number of hydrogen-bond donors (Lipinski definition) is 2. The van der Waals surface area contributed by atoms with Crippen molar-refractivity contribution in [2.24, 2.45) is 0 Å². The molecule has 0 heterocycles. The van der Waals surface area contributed by atoms with E-state index in [2.05, 4.69) is 14.8 Å². The van der Waals surface area contributed by atoms with Gasteiger partial charge in [-0.05, 0) is 12.8 Å². The Bertz CT molecular complexity index is 401. The molecule has 7 nitrogen and oxygen atoms in total. The van der Waals surface area contributed by atoms with Crippen LogP contribution in [0.2, 0.25) is 0 Å². The predicted octanol–water partition coefficient (Wildman–Crippen LogP) is 1.22. The fourth-order valence-electron chi connectivity index (χ4n) is 1.59. The fourth-order valence-corrected chi connectivity index (χ4v) is 1.76. The third-order valence-electron chi connectivity index (χ3n) is 2.61. The van der Waals surface area contributed by atoms with Gasteiger partial charge in [0.1, 0.15) is 5.88 Å². The number of alkyl carbamates (subject to hydrolysis) is 1. The number of carbonyl (C=O) groups is 3. The number of esters is 1. The summed E-state index contributed by atoms with van der Waals surface area (Å²) >= 11 is 10.4. The first-order valence-electron chi connectivity index (χ1n) is 6.04. The van der Waals surface area contributed by atoms with E-state index in [4.69, 9.17) is 23.2 Å². The molecule has 0 saturated heterocycles. The third-order valence-corrected chi connectivity index (χ3v) is 2.96. The largest absolute Gasteiger partial charge is 0.467 e. The maximum Gasteiger partial charge on any atom is 0.408 e. The highest BCUT2D eigenvalue weighted by molar-refractivity contribution is 6.27. The first-order chi connectivity index (χ1) is 10.3. The topological polar surface area (TPSA) is 93.7 Å². The van der Waals surface area contributed by atoms with Gasteiger partial charge in [0.2, 0.25) is 5.91 Å². The number of nitrogens with one attached hydrogen (secondary N) is 2. The first-order valence-corrected chi connectivity index (χ1v) is 7.11. The summed E-state index contributed by atoms with van der Waals surface area (Å²) in [6.07, 6.45) is -4.58. The second kappa shape index (κ2) is 10.4. The maximum absolute atomic E-state index is 13.3. The molecule has 0 aromatic heterocycles. The molecule has 1 unspecified atom stereocenters. The van der Waals surface area contributed by atoms with E-state index in [1.165, 1.54) is 0 Å². The lowest BCUT2D eigenvalue weighted by atomic mass is 9.93. The molecule has 2 N–H and O–H groups in total. The minimum Gasteiger partial charge on any atom is -0.467 e. The number of alkyl halides is 4. The highest BCUT2D eigenvalue weighted by Gasteiger charge is 2.49. The molecule has 0 aliphatic rings. The summed E-state index contributed by atoms with van der Waals surface area (Å²) in [6, 6.07) is -0.360. The van der Waals surface area contributed by atoms with Crippen molar-refractivity contribution in [3.8, 4) is 0 Å². The summed E-state index contributed by atoms with van der Waals surface area (Å²) < 4.78 is 35.3. The highest BCUT2D eigenvalue weighted by atomic mass is 35.5. The van der Waals surface area contributed by atoms with Crippen LogP contribution in [0.3, 0.4) is 0 Å². The molecule has 0 rings (SSSR count). The lowest BCUT2D eigenvalue weighted by Gasteiger charge is -2.30. The summed E-state index contributed by atoms with van der Waals surface area (Å²) in [5.74, 6) is -2.84. The van der Waals surface area contributed by atoms with Crippen LogP contribution in [-0.4, -0.2) is 55.5 Å². The van der Waals surface area contributed by atoms with Crippen molar-refractivity contribution in [1.29, 1.82) is 0 Å². The van der Waals surface area contributed by atoms with Gasteiger partial charge in [-0.25, -0.2) is 18.4 Å². The summed E-state index contributed by atoms with van der Waals surface area (Å²) in [5.41, 5.74) is -2.53. The molecule has 22 heavy (non-hydrogen) atoms. The summed E-state index contributed by atoms with van der Waals surface area (Å²) in [7, 11) is 0.919. The zero-order valence-electron chi connectivity index (χ0n) is 11.7. The van der Waals surface area contributed by atoms with Gasteiger partial charge in [-0.15, -0.1) is 11.6 Å². The van der Waals surface area contributed by atoms with Gasteiger partial charge in [-0.2, -0.15) is 0 Å². The summed E-state index contributed by atoms with van der Waals surface area (Å²) in [5, 5.41) is 4.12. The Morgan fingerprint density at radius 1 is 1.27 bits per heavy atom. The molecule has 0 aromatic carbocycles. The standard InChI is InChI=1S/C11H16Cl2F2N2O5/c1-21-9(19)11(8(14)15,17-7(18)5-12)3-2-4-16-10(20)22-6-13/h8H,2-6H2,1H3,(H,16,20)(H,17,18). The van der Waals surface area contributed by atoms with Gasteiger partial charge >= 0.3 is 12.1 Å². The zero-order chi connectivity index (χ0) is 17.2. The number of methoxy groups -OCH3 is 1. The third kappa shape index (κ3) is 6.18. The van der Waals surface area contributed by atoms with Crippen molar-refractivity contribution in [1.82, 2.24) is 10.6 Å². The number of carbonyl (C=O) groups excluding carboxylic acids is 3. The molecule has 0 aliphatic carbocycles. The molecule has 0 spiro atoms. The molecule has 0 bridgehead atoms. The van der Waals surface area contributed by atoms with Gasteiger partial charge in [0.15, 0.2) is 11.6 Å². The van der Waals surface area contributed by atoms with Crippen LogP contribution < -0.4 is 10.6 Å². The van der Waals surface area contributed by atoms with Gasteiger partial charge < -0.3 is 20.1 Å². The van der Waals surface area contributed by atoms with Crippen LogP contribution in [0, 0.1) is 0 Å². The molecule has 128 valence electrons. The molecule has 0 aliphatic heterocycles. The molecular formula is C11H16Cl2F2N2O5. The van der Waals surface area contributed by atoms with E-state index in [-0.39, 0.29) is 19.0 Å². The van der Waals surface area contributed by atoms with Gasteiger partial charge in [-0.3, -0.25) is 4.79 Å². The number of halogens is 4. The number of ether oxygens (including phenoxy) is 2. The Hall–Kier alpha value is -1.35. The molecule has 1 atom stereocenters. The van der Waals surface area contributed by atoms with Gasteiger partial charge in [0.25, 0.3) is 6.43 Å². The SMILES string of the molecule is COC(=O)C(CCCNC(=O)OCCl)(NC(=O)CCl)C(F)F. The van der Waals surface area contributed by atoms with E-state index >= 15 is 0 Å². The number of hydrogen-bond acceptors (Lipinski definition) is 5. The van der Waals surface area contributed by atoms with Crippen molar-refractivity contribution in [3.63, 3.8) is 0 Å². The highest BCUT2D eigenvalue weighted by Crippen LogP contribution is 2.24. The molecule has 0 fully saturated rings.